The molecule has 0 saturated carbocycles. The lowest BCUT2D eigenvalue weighted by molar-refractivity contribution is -0.123. The normalized spacial score (nSPS) is 27.8. The molecular weight excluding hydrogens is 238 g/mol. The Morgan fingerprint density at radius 2 is 2.11 bits per heavy atom. The molecule has 0 aromatic rings. The van der Waals surface area contributed by atoms with E-state index in [0.29, 0.717) is 12.0 Å². The highest BCUT2D eigenvalue weighted by Gasteiger charge is 2.27. The Morgan fingerprint density at radius 1 is 1.42 bits per heavy atom. The first-order valence-corrected chi connectivity index (χ1v) is 7.69. The summed E-state index contributed by atoms with van der Waals surface area (Å²) in [4.78, 5) is 14.4. The molecule has 0 aliphatic carbocycles. The maximum Gasteiger partial charge on any atom is 0.237 e. The van der Waals surface area contributed by atoms with Crippen LogP contribution in [-0.2, 0) is 4.79 Å². The number of nitrogens with zero attached hydrogens (tertiary/aromatic N) is 1. The molecule has 1 aliphatic heterocycles. The van der Waals surface area contributed by atoms with E-state index in [1.807, 2.05) is 6.92 Å². The molecule has 4 unspecified atom stereocenters. The standard InChI is InChI=1S/C15H31N3O/c1-6-7-12(3)16-15(19)13(4)17-14-8-9-18(5)10-11(14)2/h11-14,17H,6-10H2,1-5H3,(H,16,19). The van der Waals surface area contributed by atoms with Crippen molar-refractivity contribution in [3.8, 4) is 0 Å². The van der Waals surface area contributed by atoms with E-state index < -0.39 is 0 Å². The second-order valence-electron chi connectivity index (χ2n) is 6.22. The van der Waals surface area contributed by atoms with E-state index in [2.05, 4.69) is 43.4 Å². The summed E-state index contributed by atoms with van der Waals surface area (Å²) in [6.07, 6.45) is 3.28. The maximum atomic E-state index is 12.1. The van der Waals surface area contributed by atoms with Crippen molar-refractivity contribution >= 4 is 5.91 Å². The summed E-state index contributed by atoms with van der Waals surface area (Å²) in [6.45, 7) is 10.7. The van der Waals surface area contributed by atoms with Crippen LogP contribution in [0, 0.1) is 5.92 Å². The minimum Gasteiger partial charge on any atom is -0.352 e. The Kier molecular flexibility index (Phi) is 6.80. The molecule has 1 heterocycles. The zero-order chi connectivity index (χ0) is 14.4. The summed E-state index contributed by atoms with van der Waals surface area (Å²) in [5, 5.41) is 6.58. The van der Waals surface area contributed by atoms with Crippen molar-refractivity contribution in [2.24, 2.45) is 5.92 Å². The number of nitrogens with one attached hydrogen (secondary N) is 2. The van der Waals surface area contributed by atoms with E-state index >= 15 is 0 Å². The number of amides is 1. The molecule has 4 atom stereocenters. The van der Waals surface area contributed by atoms with Gasteiger partial charge in [0.15, 0.2) is 0 Å². The molecule has 19 heavy (non-hydrogen) atoms. The van der Waals surface area contributed by atoms with Crippen molar-refractivity contribution in [1.29, 1.82) is 0 Å². The van der Waals surface area contributed by atoms with Crippen LogP contribution in [0.2, 0.25) is 0 Å². The van der Waals surface area contributed by atoms with Crippen molar-refractivity contribution < 1.29 is 4.79 Å². The van der Waals surface area contributed by atoms with Gasteiger partial charge in [-0.3, -0.25) is 4.79 Å². The summed E-state index contributed by atoms with van der Waals surface area (Å²) in [5.41, 5.74) is 0. The van der Waals surface area contributed by atoms with Gasteiger partial charge in [-0.05, 0) is 46.2 Å². The third-order valence-electron chi connectivity index (χ3n) is 4.08. The van der Waals surface area contributed by atoms with Crippen LogP contribution in [0.4, 0.5) is 0 Å². The monoisotopic (exact) mass is 269 g/mol. The summed E-state index contributed by atoms with van der Waals surface area (Å²) in [6, 6.07) is 0.630. The molecule has 2 N–H and O–H groups in total. The first-order valence-electron chi connectivity index (χ1n) is 7.69. The molecule has 1 amide bonds. The molecule has 0 aromatic carbocycles. The predicted octanol–water partition coefficient (Wildman–Crippen LogP) is 1.61. The van der Waals surface area contributed by atoms with Crippen LogP contribution in [0.1, 0.15) is 47.0 Å². The molecule has 1 rings (SSSR count). The Labute approximate surface area is 118 Å². The number of hydrogen-bond acceptors (Lipinski definition) is 3. The fraction of sp³-hybridized carbons (Fsp3) is 0.933. The third-order valence-corrected chi connectivity index (χ3v) is 4.08. The number of piperidine rings is 1. The maximum absolute atomic E-state index is 12.1. The molecule has 0 bridgehead atoms. The quantitative estimate of drug-likeness (QED) is 0.770. The number of hydrogen-bond donors (Lipinski definition) is 2. The van der Waals surface area contributed by atoms with Crippen molar-refractivity contribution in [1.82, 2.24) is 15.5 Å². The lowest BCUT2D eigenvalue weighted by Crippen LogP contribution is -2.54. The topological polar surface area (TPSA) is 44.4 Å². The van der Waals surface area contributed by atoms with E-state index in [1.165, 1.54) is 0 Å². The smallest absolute Gasteiger partial charge is 0.237 e. The van der Waals surface area contributed by atoms with E-state index in [0.717, 1.165) is 32.4 Å². The predicted molar refractivity (Wildman–Crippen MR) is 80.2 cm³/mol. The SMILES string of the molecule is CCCC(C)NC(=O)C(C)NC1CCN(C)CC1C. The minimum absolute atomic E-state index is 0.102. The van der Waals surface area contributed by atoms with Crippen LogP contribution in [-0.4, -0.2) is 49.1 Å². The van der Waals surface area contributed by atoms with E-state index in [4.69, 9.17) is 0 Å². The van der Waals surface area contributed by atoms with E-state index in [1.54, 1.807) is 0 Å². The number of carbonyl (C=O) groups is 1. The first kappa shape index (κ1) is 16.4. The van der Waals surface area contributed by atoms with Gasteiger partial charge in [-0.25, -0.2) is 0 Å². The molecule has 0 radical (unpaired) electrons. The number of rotatable bonds is 6. The largest absolute Gasteiger partial charge is 0.352 e. The molecule has 112 valence electrons. The van der Waals surface area contributed by atoms with Gasteiger partial charge in [-0.15, -0.1) is 0 Å². The van der Waals surface area contributed by atoms with Gasteiger partial charge in [-0.2, -0.15) is 0 Å². The van der Waals surface area contributed by atoms with Gasteiger partial charge in [0.2, 0.25) is 5.91 Å². The molecule has 0 aromatic heterocycles. The fourth-order valence-corrected chi connectivity index (χ4v) is 2.87. The summed E-state index contributed by atoms with van der Waals surface area (Å²) in [5.74, 6) is 0.731. The minimum atomic E-state index is -0.102. The van der Waals surface area contributed by atoms with Crippen molar-refractivity contribution in [3.05, 3.63) is 0 Å². The van der Waals surface area contributed by atoms with Crippen LogP contribution in [0.15, 0.2) is 0 Å². The van der Waals surface area contributed by atoms with Crippen LogP contribution in [0.5, 0.6) is 0 Å². The lowest BCUT2D eigenvalue weighted by atomic mass is 9.93. The summed E-state index contributed by atoms with van der Waals surface area (Å²) >= 11 is 0. The van der Waals surface area contributed by atoms with Gasteiger partial charge in [0.1, 0.15) is 0 Å². The van der Waals surface area contributed by atoms with Crippen LogP contribution in [0.25, 0.3) is 0 Å². The van der Waals surface area contributed by atoms with Crippen LogP contribution < -0.4 is 10.6 Å². The molecule has 1 aliphatic rings. The second-order valence-corrected chi connectivity index (χ2v) is 6.22. The Balaban J connectivity index is 2.37. The van der Waals surface area contributed by atoms with E-state index in [9.17, 15) is 4.79 Å². The average molecular weight is 269 g/mol. The molecule has 4 nitrogen and oxygen atoms in total. The molecule has 0 spiro atoms. The third kappa shape index (κ3) is 5.49. The molecule has 4 heteroatoms. The Morgan fingerprint density at radius 3 is 2.68 bits per heavy atom. The highest BCUT2D eigenvalue weighted by Crippen LogP contribution is 2.15. The number of likely N-dealkylation sites (tertiary alicyclic amines) is 1. The van der Waals surface area contributed by atoms with Crippen molar-refractivity contribution in [2.75, 3.05) is 20.1 Å². The highest BCUT2D eigenvalue weighted by molar-refractivity contribution is 5.81. The molecular formula is C15H31N3O. The van der Waals surface area contributed by atoms with Gasteiger partial charge in [0, 0.05) is 18.6 Å². The van der Waals surface area contributed by atoms with Gasteiger partial charge < -0.3 is 15.5 Å². The second kappa shape index (κ2) is 7.85. The number of carbonyl (C=O) groups excluding carboxylic acids is 1. The van der Waals surface area contributed by atoms with Crippen LogP contribution >= 0.6 is 0 Å². The summed E-state index contributed by atoms with van der Waals surface area (Å²) in [7, 11) is 2.16. The average Bonchev–Trinajstić information content (AvgIpc) is 2.32. The van der Waals surface area contributed by atoms with Crippen molar-refractivity contribution in [2.45, 2.75) is 65.1 Å². The lowest BCUT2D eigenvalue weighted by Gasteiger charge is -2.36. The summed E-state index contributed by atoms with van der Waals surface area (Å²) < 4.78 is 0. The van der Waals surface area contributed by atoms with E-state index in [-0.39, 0.29) is 18.0 Å². The fourth-order valence-electron chi connectivity index (χ4n) is 2.87. The molecule has 1 fully saturated rings. The van der Waals surface area contributed by atoms with Gasteiger partial charge in [0.25, 0.3) is 0 Å². The zero-order valence-corrected chi connectivity index (χ0v) is 13.2. The first-order chi connectivity index (χ1) is 8.93. The van der Waals surface area contributed by atoms with Gasteiger partial charge >= 0.3 is 0 Å². The Hall–Kier alpha value is -0.610. The van der Waals surface area contributed by atoms with Gasteiger partial charge in [-0.1, -0.05) is 20.3 Å². The van der Waals surface area contributed by atoms with Crippen molar-refractivity contribution in [3.63, 3.8) is 0 Å². The van der Waals surface area contributed by atoms with Gasteiger partial charge in [0.05, 0.1) is 6.04 Å². The highest BCUT2D eigenvalue weighted by atomic mass is 16.2. The van der Waals surface area contributed by atoms with Crippen LogP contribution in [0.3, 0.4) is 0 Å². The molecule has 1 saturated heterocycles. The Bertz CT molecular complexity index is 283. The zero-order valence-electron chi connectivity index (χ0n) is 13.2.